The molecule has 0 heterocycles. The van der Waals surface area contributed by atoms with E-state index in [1.807, 2.05) is 68.4 Å². The molecule has 1 N–H and O–H groups in total. The smallest absolute Gasteiger partial charge is 0.254 e. The molecule has 0 spiro atoms. The minimum atomic E-state index is 0.0339. The molecule has 0 bridgehead atoms. The van der Waals surface area contributed by atoms with Crippen molar-refractivity contribution >= 4 is 23.2 Å². The van der Waals surface area contributed by atoms with E-state index in [1.165, 1.54) is 0 Å². The molecular formula is C26H35N3O2. The highest BCUT2D eigenvalue weighted by Gasteiger charge is 2.26. The number of anilines is 2. The number of aryl methyl sites for hydroxylation is 1. The second-order valence-electron chi connectivity index (χ2n) is 8.91. The monoisotopic (exact) mass is 421 g/mol. The normalized spacial score (nSPS) is 14.5. The lowest BCUT2D eigenvalue weighted by molar-refractivity contribution is -0.122. The summed E-state index contributed by atoms with van der Waals surface area (Å²) < 4.78 is 0. The van der Waals surface area contributed by atoms with Crippen LogP contribution >= 0.6 is 0 Å². The summed E-state index contributed by atoms with van der Waals surface area (Å²) in [5.41, 5.74) is 4.65. The van der Waals surface area contributed by atoms with Crippen molar-refractivity contribution in [3.8, 4) is 0 Å². The Morgan fingerprint density at radius 2 is 1.87 bits per heavy atom. The summed E-state index contributed by atoms with van der Waals surface area (Å²) in [6.45, 7) is 6.68. The van der Waals surface area contributed by atoms with Gasteiger partial charge in [-0.15, -0.1) is 0 Å². The molecule has 2 aromatic carbocycles. The first kappa shape index (κ1) is 22.9. The zero-order valence-corrected chi connectivity index (χ0v) is 19.4. The van der Waals surface area contributed by atoms with Crippen molar-refractivity contribution in [3.05, 3.63) is 59.2 Å². The number of rotatable bonds is 8. The van der Waals surface area contributed by atoms with Gasteiger partial charge in [0.15, 0.2) is 0 Å². The highest BCUT2D eigenvalue weighted by atomic mass is 16.2. The number of nitrogens with zero attached hydrogens (tertiary/aromatic N) is 2. The van der Waals surface area contributed by atoms with Gasteiger partial charge < -0.3 is 15.1 Å². The maximum absolute atomic E-state index is 13.4. The van der Waals surface area contributed by atoms with Crippen molar-refractivity contribution < 1.29 is 9.59 Å². The third kappa shape index (κ3) is 5.46. The molecule has 1 fully saturated rings. The maximum atomic E-state index is 13.4. The van der Waals surface area contributed by atoms with Gasteiger partial charge >= 0.3 is 0 Å². The Morgan fingerprint density at radius 3 is 2.45 bits per heavy atom. The van der Waals surface area contributed by atoms with Gasteiger partial charge in [-0.25, -0.2) is 0 Å². The second-order valence-corrected chi connectivity index (χ2v) is 8.91. The predicted octanol–water partition coefficient (Wildman–Crippen LogP) is 5.24. The van der Waals surface area contributed by atoms with Crippen LogP contribution in [0.25, 0.3) is 0 Å². The van der Waals surface area contributed by atoms with Crippen LogP contribution in [-0.2, 0) is 11.3 Å². The van der Waals surface area contributed by atoms with Gasteiger partial charge in [-0.2, -0.15) is 0 Å². The first-order chi connectivity index (χ1) is 14.8. The van der Waals surface area contributed by atoms with E-state index in [9.17, 15) is 9.59 Å². The molecule has 0 aromatic heterocycles. The quantitative estimate of drug-likeness (QED) is 0.634. The van der Waals surface area contributed by atoms with Gasteiger partial charge in [0.1, 0.15) is 0 Å². The molecule has 2 aromatic rings. The predicted molar refractivity (Wildman–Crippen MR) is 128 cm³/mol. The van der Waals surface area contributed by atoms with E-state index in [0.717, 1.165) is 48.2 Å². The highest BCUT2D eigenvalue weighted by molar-refractivity contribution is 5.95. The van der Waals surface area contributed by atoms with E-state index >= 15 is 0 Å². The average Bonchev–Trinajstić information content (AvgIpc) is 2.69. The zero-order chi connectivity index (χ0) is 22.5. The summed E-state index contributed by atoms with van der Waals surface area (Å²) in [7, 11) is 4.00. The Bertz CT molecular complexity index is 934. The van der Waals surface area contributed by atoms with Gasteiger partial charge in [0, 0.05) is 49.5 Å². The molecular weight excluding hydrogens is 386 g/mol. The first-order valence-corrected chi connectivity index (χ1v) is 11.3. The van der Waals surface area contributed by atoms with Crippen molar-refractivity contribution in [1.82, 2.24) is 4.90 Å². The van der Waals surface area contributed by atoms with Crippen LogP contribution in [0.3, 0.4) is 0 Å². The van der Waals surface area contributed by atoms with E-state index in [-0.39, 0.29) is 23.8 Å². The van der Waals surface area contributed by atoms with E-state index < -0.39 is 0 Å². The fourth-order valence-electron chi connectivity index (χ4n) is 3.92. The number of hydrogen-bond donors (Lipinski definition) is 1. The fraction of sp³-hybridized carbons (Fsp3) is 0.462. The Hall–Kier alpha value is -2.82. The topological polar surface area (TPSA) is 52.7 Å². The number of carbonyl (C=O) groups is 2. The largest absolute Gasteiger partial charge is 0.377 e. The Labute approximate surface area is 186 Å². The van der Waals surface area contributed by atoms with Crippen molar-refractivity contribution in [2.24, 2.45) is 5.92 Å². The summed E-state index contributed by atoms with van der Waals surface area (Å²) in [4.78, 5) is 29.9. The standard InChI is InChI=1S/C26H35N3O2/c1-6-19(3)29(26(31)21-12-7-9-18(2)15-21)17-22-16-23(13-14-24(22)28(4)5)27-25(30)20-10-8-11-20/h7,9,12-16,19-20H,6,8,10-11,17H2,1-5H3,(H,27,30)/t19-/m0/s1. The third-order valence-electron chi connectivity index (χ3n) is 6.29. The van der Waals surface area contributed by atoms with Crippen LogP contribution in [0.5, 0.6) is 0 Å². The molecule has 5 nitrogen and oxygen atoms in total. The molecule has 166 valence electrons. The molecule has 0 radical (unpaired) electrons. The van der Waals surface area contributed by atoms with Crippen LogP contribution in [0.15, 0.2) is 42.5 Å². The van der Waals surface area contributed by atoms with Crippen LogP contribution < -0.4 is 10.2 Å². The summed E-state index contributed by atoms with van der Waals surface area (Å²) in [5.74, 6) is 0.271. The summed E-state index contributed by atoms with van der Waals surface area (Å²) in [6.07, 6.45) is 3.95. The van der Waals surface area contributed by atoms with Gasteiger partial charge in [0.25, 0.3) is 5.91 Å². The average molecular weight is 422 g/mol. The number of benzene rings is 2. The molecule has 1 saturated carbocycles. The summed E-state index contributed by atoms with van der Waals surface area (Å²) in [6, 6.07) is 13.8. The summed E-state index contributed by atoms with van der Waals surface area (Å²) in [5, 5.41) is 3.07. The van der Waals surface area contributed by atoms with Crippen molar-refractivity contribution in [1.29, 1.82) is 0 Å². The van der Waals surface area contributed by atoms with Crippen LogP contribution in [0.2, 0.25) is 0 Å². The van der Waals surface area contributed by atoms with E-state index in [2.05, 4.69) is 24.1 Å². The van der Waals surface area contributed by atoms with Gasteiger partial charge in [-0.3, -0.25) is 9.59 Å². The first-order valence-electron chi connectivity index (χ1n) is 11.3. The highest BCUT2D eigenvalue weighted by Crippen LogP contribution is 2.30. The lowest BCUT2D eigenvalue weighted by atomic mass is 9.85. The van der Waals surface area contributed by atoms with Crippen LogP contribution in [0, 0.1) is 12.8 Å². The number of amides is 2. The van der Waals surface area contributed by atoms with E-state index in [0.29, 0.717) is 12.1 Å². The maximum Gasteiger partial charge on any atom is 0.254 e. The Kier molecular flexibility index (Phi) is 7.37. The molecule has 1 atom stereocenters. The Balaban J connectivity index is 1.90. The molecule has 31 heavy (non-hydrogen) atoms. The molecule has 3 rings (SSSR count). The van der Waals surface area contributed by atoms with E-state index in [4.69, 9.17) is 0 Å². The van der Waals surface area contributed by atoms with Crippen LogP contribution in [-0.4, -0.2) is 36.9 Å². The molecule has 0 unspecified atom stereocenters. The fourth-order valence-corrected chi connectivity index (χ4v) is 3.92. The van der Waals surface area contributed by atoms with Crippen molar-refractivity contribution in [3.63, 3.8) is 0 Å². The van der Waals surface area contributed by atoms with Gasteiger partial charge in [0.05, 0.1) is 0 Å². The molecule has 1 aliphatic carbocycles. The Morgan fingerprint density at radius 1 is 1.13 bits per heavy atom. The molecule has 2 amide bonds. The number of carbonyl (C=O) groups excluding carboxylic acids is 2. The number of hydrogen-bond acceptors (Lipinski definition) is 3. The zero-order valence-electron chi connectivity index (χ0n) is 19.4. The van der Waals surface area contributed by atoms with Crippen molar-refractivity contribution in [2.45, 2.75) is 59.0 Å². The van der Waals surface area contributed by atoms with Crippen LogP contribution in [0.4, 0.5) is 11.4 Å². The summed E-state index contributed by atoms with van der Waals surface area (Å²) >= 11 is 0. The second kappa shape index (κ2) is 9.99. The van der Waals surface area contributed by atoms with Gasteiger partial charge in [0.2, 0.25) is 5.91 Å². The molecule has 0 saturated heterocycles. The van der Waals surface area contributed by atoms with E-state index in [1.54, 1.807) is 0 Å². The SMILES string of the molecule is CC[C@H](C)N(Cc1cc(NC(=O)C2CCC2)ccc1N(C)C)C(=O)c1cccc(C)c1. The lowest BCUT2D eigenvalue weighted by Crippen LogP contribution is -2.38. The third-order valence-corrected chi connectivity index (χ3v) is 6.29. The molecule has 1 aliphatic rings. The number of nitrogens with one attached hydrogen (secondary N) is 1. The van der Waals surface area contributed by atoms with Gasteiger partial charge in [-0.05, 0) is 69.0 Å². The van der Waals surface area contributed by atoms with Crippen molar-refractivity contribution in [2.75, 3.05) is 24.3 Å². The molecule has 5 heteroatoms. The lowest BCUT2D eigenvalue weighted by Gasteiger charge is -2.31. The van der Waals surface area contributed by atoms with Gasteiger partial charge in [-0.1, -0.05) is 31.0 Å². The minimum Gasteiger partial charge on any atom is -0.377 e. The van der Waals surface area contributed by atoms with Crippen LogP contribution in [0.1, 0.15) is 61.0 Å². The minimum absolute atomic E-state index is 0.0339. The molecule has 0 aliphatic heterocycles.